The topological polar surface area (TPSA) is 140 Å². The number of pyridine rings is 1. The summed E-state index contributed by atoms with van der Waals surface area (Å²) in [6.07, 6.45) is 1.54. The minimum Gasteiger partial charge on any atom is -0.382 e. The van der Waals surface area contributed by atoms with Crippen LogP contribution in [-0.2, 0) is 11.1 Å². The lowest BCUT2D eigenvalue weighted by atomic mass is 9.99. The second kappa shape index (κ2) is 9.84. The molecule has 0 aliphatic rings. The quantitative estimate of drug-likeness (QED) is 0.319. The Kier molecular flexibility index (Phi) is 6.94. The number of aryl methyl sites for hydroxylation is 1. The van der Waals surface area contributed by atoms with Gasteiger partial charge < -0.3 is 16.2 Å². The Hall–Kier alpha value is -3.95. The molecule has 0 saturated carbocycles. The van der Waals surface area contributed by atoms with Crippen LogP contribution < -0.4 is 11.1 Å². The molecule has 4 aromatic rings. The van der Waals surface area contributed by atoms with Crippen LogP contribution in [0.5, 0.6) is 0 Å². The molecule has 4 N–H and O–H groups in total. The van der Waals surface area contributed by atoms with Gasteiger partial charge in [0.25, 0.3) is 5.91 Å². The molecule has 0 aliphatic heterocycles. The first-order chi connectivity index (χ1) is 17.3. The molecule has 0 radical (unpaired) electrons. The standard InChI is InChI=1S/C27H28ClN7O2/c1-15-13-17(14-19(28)31-15)21-20(16-9-7-6-8-10-16)34-23(29)22(33-21)24(36)35-26(2,3)18-11-12-30-25(32-18)27(4,5)37/h6-14,37H,1-5H3,(H2,29,34)(H,35,36). The zero-order valence-corrected chi connectivity index (χ0v) is 22.0. The summed E-state index contributed by atoms with van der Waals surface area (Å²) in [7, 11) is 0. The Balaban J connectivity index is 1.78. The van der Waals surface area contributed by atoms with Gasteiger partial charge in [-0.2, -0.15) is 0 Å². The van der Waals surface area contributed by atoms with Gasteiger partial charge in [0.2, 0.25) is 0 Å². The van der Waals surface area contributed by atoms with Crippen LogP contribution in [0.1, 0.15) is 55.4 Å². The van der Waals surface area contributed by atoms with Crippen molar-refractivity contribution in [2.24, 2.45) is 0 Å². The van der Waals surface area contributed by atoms with Gasteiger partial charge in [0.05, 0.1) is 22.6 Å². The maximum Gasteiger partial charge on any atom is 0.274 e. The molecule has 0 unspecified atom stereocenters. The van der Waals surface area contributed by atoms with E-state index in [1.54, 1.807) is 46.0 Å². The molecule has 10 heteroatoms. The summed E-state index contributed by atoms with van der Waals surface area (Å²) < 4.78 is 0. The summed E-state index contributed by atoms with van der Waals surface area (Å²) >= 11 is 6.24. The normalized spacial score (nSPS) is 11.9. The molecule has 0 saturated heterocycles. The molecule has 190 valence electrons. The zero-order chi connectivity index (χ0) is 27.0. The van der Waals surface area contributed by atoms with Gasteiger partial charge in [-0.15, -0.1) is 0 Å². The summed E-state index contributed by atoms with van der Waals surface area (Å²) in [6.45, 7) is 8.59. The van der Waals surface area contributed by atoms with Crippen molar-refractivity contribution in [3.8, 4) is 22.5 Å². The highest BCUT2D eigenvalue weighted by molar-refractivity contribution is 6.29. The maximum absolute atomic E-state index is 13.5. The van der Waals surface area contributed by atoms with E-state index in [1.165, 1.54) is 0 Å². The molecule has 0 spiro atoms. The third-order valence-electron chi connectivity index (χ3n) is 5.65. The number of carbonyl (C=O) groups is 1. The summed E-state index contributed by atoms with van der Waals surface area (Å²) in [4.78, 5) is 35.6. The number of aromatic nitrogens is 5. The molecular weight excluding hydrogens is 490 g/mol. The molecule has 37 heavy (non-hydrogen) atoms. The summed E-state index contributed by atoms with van der Waals surface area (Å²) in [5.41, 5.74) is 7.67. The van der Waals surface area contributed by atoms with E-state index >= 15 is 0 Å². The van der Waals surface area contributed by atoms with Crippen molar-refractivity contribution >= 4 is 23.3 Å². The molecule has 9 nitrogen and oxygen atoms in total. The smallest absolute Gasteiger partial charge is 0.274 e. The van der Waals surface area contributed by atoms with Crippen molar-refractivity contribution < 1.29 is 9.90 Å². The number of carbonyl (C=O) groups excluding carboxylic acids is 1. The first-order valence-electron chi connectivity index (χ1n) is 11.6. The van der Waals surface area contributed by atoms with Gasteiger partial charge in [0.15, 0.2) is 17.3 Å². The number of benzene rings is 1. The molecule has 1 amide bonds. The van der Waals surface area contributed by atoms with Gasteiger partial charge in [0, 0.05) is 23.0 Å². The number of nitrogens with two attached hydrogens (primary N) is 1. The third-order valence-corrected chi connectivity index (χ3v) is 5.84. The number of amides is 1. The number of rotatable bonds is 6. The van der Waals surface area contributed by atoms with Gasteiger partial charge in [-0.05, 0) is 52.8 Å². The number of hydrogen-bond donors (Lipinski definition) is 3. The monoisotopic (exact) mass is 517 g/mol. The van der Waals surface area contributed by atoms with E-state index in [2.05, 4.69) is 30.2 Å². The number of anilines is 1. The molecule has 0 bridgehead atoms. The van der Waals surface area contributed by atoms with Crippen molar-refractivity contribution in [2.45, 2.75) is 45.8 Å². The maximum atomic E-state index is 13.5. The molecule has 0 atom stereocenters. The first-order valence-corrected chi connectivity index (χ1v) is 12.0. The van der Waals surface area contributed by atoms with Crippen LogP contribution in [0.4, 0.5) is 5.82 Å². The Morgan fingerprint density at radius 3 is 2.27 bits per heavy atom. The van der Waals surface area contributed by atoms with Crippen molar-refractivity contribution in [1.82, 2.24) is 30.2 Å². The minimum absolute atomic E-state index is 0.0207. The van der Waals surface area contributed by atoms with Crippen molar-refractivity contribution in [2.75, 3.05) is 5.73 Å². The Morgan fingerprint density at radius 2 is 1.62 bits per heavy atom. The predicted molar refractivity (Wildman–Crippen MR) is 143 cm³/mol. The summed E-state index contributed by atoms with van der Waals surface area (Å²) in [5.74, 6) is -0.310. The fraction of sp³-hybridized carbons (Fsp3) is 0.259. The van der Waals surface area contributed by atoms with E-state index in [9.17, 15) is 9.90 Å². The average Bonchev–Trinajstić information content (AvgIpc) is 2.83. The highest BCUT2D eigenvalue weighted by Crippen LogP contribution is 2.32. The van der Waals surface area contributed by atoms with E-state index in [-0.39, 0.29) is 17.3 Å². The van der Waals surface area contributed by atoms with Gasteiger partial charge in [-0.1, -0.05) is 41.9 Å². The van der Waals surface area contributed by atoms with E-state index in [0.29, 0.717) is 33.5 Å². The molecular formula is C27H28ClN7O2. The van der Waals surface area contributed by atoms with Crippen molar-refractivity contribution in [1.29, 1.82) is 0 Å². The number of nitrogens with one attached hydrogen (secondary N) is 1. The Labute approximate surface area is 220 Å². The molecule has 4 rings (SSSR count). The second-order valence-electron chi connectivity index (χ2n) is 9.74. The Morgan fingerprint density at radius 1 is 0.946 bits per heavy atom. The lowest BCUT2D eigenvalue weighted by molar-refractivity contribution is 0.0680. The summed E-state index contributed by atoms with van der Waals surface area (Å²) in [5, 5.41) is 13.5. The highest BCUT2D eigenvalue weighted by Gasteiger charge is 2.30. The number of nitrogens with zero attached hydrogens (tertiary/aromatic N) is 5. The minimum atomic E-state index is -1.24. The highest BCUT2D eigenvalue weighted by atomic mass is 35.5. The number of hydrogen-bond acceptors (Lipinski definition) is 8. The van der Waals surface area contributed by atoms with Crippen LogP contribution >= 0.6 is 11.6 Å². The number of halogens is 1. The molecule has 0 aliphatic carbocycles. The van der Waals surface area contributed by atoms with Crippen LogP contribution in [0.15, 0.2) is 54.7 Å². The van der Waals surface area contributed by atoms with E-state index < -0.39 is 17.0 Å². The molecule has 3 aromatic heterocycles. The lowest BCUT2D eigenvalue weighted by Crippen LogP contribution is -2.43. The van der Waals surface area contributed by atoms with Crippen LogP contribution in [-0.4, -0.2) is 35.9 Å². The van der Waals surface area contributed by atoms with Gasteiger partial charge in [0.1, 0.15) is 10.8 Å². The van der Waals surface area contributed by atoms with Crippen LogP contribution in [0.2, 0.25) is 5.15 Å². The van der Waals surface area contributed by atoms with Crippen LogP contribution in [0.25, 0.3) is 22.5 Å². The second-order valence-corrected chi connectivity index (χ2v) is 10.1. The largest absolute Gasteiger partial charge is 0.382 e. The zero-order valence-electron chi connectivity index (χ0n) is 21.2. The number of nitrogen functional groups attached to an aromatic ring is 1. The molecule has 3 heterocycles. The Bertz CT molecular complexity index is 1450. The van der Waals surface area contributed by atoms with Gasteiger partial charge in [-0.3, -0.25) is 4.79 Å². The predicted octanol–water partition coefficient (Wildman–Crippen LogP) is 4.43. The summed E-state index contributed by atoms with van der Waals surface area (Å²) in [6, 6.07) is 14.6. The van der Waals surface area contributed by atoms with E-state index in [0.717, 1.165) is 5.56 Å². The first kappa shape index (κ1) is 26.1. The van der Waals surface area contributed by atoms with Crippen molar-refractivity contribution in [3.63, 3.8) is 0 Å². The van der Waals surface area contributed by atoms with Crippen LogP contribution in [0.3, 0.4) is 0 Å². The van der Waals surface area contributed by atoms with Crippen molar-refractivity contribution in [3.05, 3.63) is 82.8 Å². The van der Waals surface area contributed by atoms with E-state index in [4.69, 9.17) is 17.3 Å². The van der Waals surface area contributed by atoms with Crippen LogP contribution in [0, 0.1) is 6.92 Å². The third kappa shape index (κ3) is 5.73. The van der Waals surface area contributed by atoms with Gasteiger partial charge in [-0.25, -0.2) is 24.9 Å². The molecule has 1 aromatic carbocycles. The average molecular weight is 518 g/mol. The lowest BCUT2D eigenvalue weighted by Gasteiger charge is -2.27. The van der Waals surface area contributed by atoms with E-state index in [1.807, 2.05) is 43.3 Å². The SMILES string of the molecule is Cc1cc(-c2nc(C(=O)NC(C)(C)c3ccnc(C(C)(C)O)n3)c(N)nc2-c2ccccc2)cc(Cl)n1. The van der Waals surface area contributed by atoms with Gasteiger partial charge >= 0.3 is 0 Å². The number of aliphatic hydroxyl groups is 1. The fourth-order valence-corrected chi connectivity index (χ4v) is 4.04. The molecule has 0 fully saturated rings. The fourth-order valence-electron chi connectivity index (χ4n) is 3.79.